The Hall–Kier alpha value is -2.25. The van der Waals surface area contributed by atoms with Crippen molar-refractivity contribution in [3.8, 4) is 6.07 Å². The highest BCUT2D eigenvalue weighted by Gasteiger charge is 2.06. The number of hydrogen-bond donors (Lipinski definition) is 1. The van der Waals surface area contributed by atoms with Crippen molar-refractivity contribution in [3.63, 3.8) is 0 Å². The van der Waals surface area contributed by atoms with E-state index in [-0.39, 0.29) is 6.04 Å². The van der Waals surface area contributed by atoms with Gasteiger partial charge >= 0.3 is 0 Å². The normalized spacial score (nSPS) is 11.8. The predicted octanol–water partition coefficient (Wildman–Crippen LogP) is 2.20. The van der Waals surface area contributed by atoms with Crippen molar-refractivity contribution >= 4 is 0 Å². The molecule has 2 rings (SSSR count). The minimum absolute atomic E-state index is 0.208. The van der Waals surface area contributed by atoms with Crippen molar-refractivity contribution in [2.24, 2.45) is 0 Å². The van der Waals surface area contributed by atoms with Crippen molar-refractivity contribution in [2.75, 3.05) is 0 Å². The van der Waals surface area contributed by atoms with Gasteiger partial charge in [-0.2, -0.15) is 5.26 Å². The number of nitriles is 1. The highest BCUT2D eigenvalue weighted by Crippen LogP contribution is 2.12. The van der Waals surface area contributed by atoms with E-state index in [1.54, 1.807) is 18.6 Å². The molecule has 4 heteroatoms. The van der Waals surface area contributed by atoms with Crippen molar-refractivity contribution in [1.82, 2.24) is 15.3 Å². The summed E-state index contributed by atoms with van der Waals surface area (Å²) in [5.74, 6) is 0. The molecule has 0 spiro atoms. The van der Waals surface area contributed by atoms with Gasteiger partial charge in [0.15, 0.2) is 0 Å². The Morgan fingerprint density at radius 1 is 1.28 bits per heavy atom. The smallest absolute Gasteiger partial charge is 0.144 e. The third-order valence-electron chi connectivity index (χ3n) is 2.80. The maximum absolute atomic E-state index is 8.95. The number of hydrogen-bond acceptors (Lipinski definition) is 4. The van der Waals surface area contributed by atoms with Gasteiger partial charge in [-0.25, -0.2) is 4.98 Å². The maximum Gasteiger partial charge on any atom is 0.144 e. The van der Waals surface area contributed by atoms with Crippen LogP contribution in [-0.2, 0) is 6.54 Å². The standard InChI is InChI=1S/C14H14N4/c1-11(12-4-7-16-8-5-12)18-10-13-3-2-6-17-14(13)9-15/h2-8,11,18H,10H2,1H3/t11-/m0/s1. The minimum atomic E-state index is 0.208. The van der Waals surface area contributed by atoms with Crippen LogP contribution in [0.15, 0.2) is 42.9 Å². The fourth-order valence-electron chi connectivity index (χ4n) is 1.71. The lowest BCUT2D eigenvalue weighted by Crippen LogP contribution is -2.18. The van der Waals surface area contributed by atoms with Crippen LogP contribution in [0.4, 0.5) is 0 Å². The van der Waals surface area contributed by atoms with E-state index in [0.29, 0.717) is 12.2 Å². The molecule has 0 unspecified atom stereocenters. The first-order valence-corrected chi connectivity index (χ1v) is 5.78. The van der Waals surface area contributed by atoms with Gasteiger partial charge in [0, 0.05) is 36.7 Å². The fraction of sp³-hybridized carbons (Fsp3) is 0.214. The van der Waals surface area contributed by atoms with E-state index in [2.05, 4.69) is 28.3 Å². The van der Waals surface area contributed by atoms with Crippen molar-refractivity contribution in [2.45, 2.75) is 19.5 Å². The molecule has 0 radical (unpaired) electrons. The minimum Gasteiger partial charge on any atom is -0.306 e. The van der Waals surface area contributed by atoms with Gasteiger partial charge in [-0.1, -0.05) is 6.07 Å². The fourth-order valence-corrected chi connectivity index (χ4v) is 1.71. The van der Waals surface area contributed by atoms with E-state index < -0.39 is 0 Å². The van der Waals surface area contributed by atoms with Crippen molar-refractivity contribution in [1.29, 1.82) is 5.26 Å². The van der Waals surface area contributed by atoms with E-state index in [0.717, 1.165) is 5.56 Å². The molecule has 0 aliphatic carbocycles. The molecule has 1 atom stereocenters. The molecule has 0 aliphatic heterocycles. The number of pyridine rings is 2. The van der Waals surface area contributed by atoms with Gasteiger partial charge in [0.05, 0.1) is 0 Å². The molecule has 0 aliphatic rings. The third kappa shape index (κ3) is 2.90. The highest BCUT2D eigenvalue weighted by molar-refractivity contribution is 5.30. The van der Waals surface area contributed by atoms with Gasteiger partial charge in [0.25, 0.3) is 0 Å². The Kier molecular flexibility index (Phi) is 4.00. The second-order valence-electron chi connectivity index (χ2n) is 4.01. The van der Waals surface area contributed by atoms with Crippen LogP contribution >= 0.6 is 0 Å². The van der Waals surface area contributed by atoms with Gasteiger partial charge in [-0.15, -0.1) is 0 Å². The maximum atomic E-state index is 8.95. The summed E-state index contributed by atoms with van der Waals surface area (Å²) in [6.45, 7) is 2.71. The van der Waals surface area contributed by atoms with Crippen LogP contribution in [-0.4, -0.2) is 9.97 Å². The average Bonchev–Trinajstić information content (AvgIpc) is 2.46. The van der Waals surface area contributed by atoms with Crippen molar-refractivity contribution < 1.29 is 0 Å². The van der Waals surface area contributed by atoms with Crippen LogP contribution < -0.4 is 5.32 Å². The summed E-state index contributed by atoms with van der Waals surface area (Å²) < 4.78 is 0. The molecule has 0 saturated carbocycles. The second kappa shape index (κ2) is 5.89. The summed E-state index contributed by atoms with van der Waals surface area (Å²) in [7, 11) is 0. The Bertz CT molecular complexity index is 545. The molecule has 0 amide bonds. The molecule has 0 aromatic carbocycles. The van der Waals surface area contributed by atoms with Crippen LogP contribution in [0.25, 0.3) is 0 Å². The van der Waals surface area contributed by atoms with Gasteiger partial charge in [-0.05, 0) is 30.7 Å². The van der Waals surface area contributed by atoms with E-state index in [1.807, 2.05) is 24.3 Å². The van der Waals surface area contributed by atoms with Gasteiger partial charge in [0.1, 0.15) is 11.8 Å². The summed E-state index contributed by atoms with van der Waals surface area (Å²) in [6, 6.07) is 10.0. The molecular formula is C14H14N4. The lowest BCUT2D eigenvalue weighted by Gasteiger charge is -2.14. The molecule has 0 fully saturated rings. The first-order valence-electron chi connectivity index (χ1n) is 5.78. The number of nitrogens with zero attached hydrogens (tertiary/aromatic N) is 3. The highest BCUT2D eigenvalue weighted by atomic mass is 14.9. The summed E-state index contributed by atoms with van der Waals surface area (Å²) >= 11 is 0. The lowest BCUT2D eigenvalue weighted by molar-refractivity contribution is 0.572. The topological polar surface area (TPSA) is 61.6 Å². The van der Waals surface area contributed by atoms with E-state index >= 15 is 0 Å². The number of nitrogens with one attached hydrogen (secondary N) is 1. The largest absolute Gasteiger partial charge is 0.306 e. The average molecular weight is 238 g/mol. The van der Waals surface area contributed by atoms with Crippen LogP contribution in [0.3, 0.4) is 0 Å². The molecular weight excluding hydrogens is 224 g/mol. The van der Waals surface area contributed by atoms with E-state index in [9.17, 15) is 0 Å². The Morgan fingerprint density at radius 2 is 2.06 bits per heavy atom. The Labute approximate surface area is 106 Å². The zero-order chi connectivity index (χ0) is 12.8. The molecule has 0 bridgehead atoms. The molecule has 2 heterocycles. The van der Waals surface area contributed by atoms with Crippen molar-refractivity contribution in [3.05, 3.63) is 59.7 Å². The summed E-state index contributed by atoms with van der Waals surface area (Å²) in [4.78, 5) is 8.03. The molecule has 90 valence electrons. The van der Waals surface area contributed by atoms with Crippen LogP contribution in [0.5, 0.6) is 0 Å². The van der Waals surface area contributed by atoms with Gasteiger partial charge in [-0.3, -0.25) is 4.98 Å². The first-order chi connectivity index (χ1) is 8.81. The SMILES string of the molecule is C[C@H](NCc1cccnc1C#N)c1ccncc1. The second-order valence-corrected chi connectivity index (χ2v) is 4.01. The molecule has 2 aromatic heterocycles. The number of rotatable bonds is 4. The monoisotopic (exact) mass is 238 g/mol. The summed E-state index contributed by atoms with van der Waals surface area (Å²) in [5, 5.41) is 12.3. The first kappa shape index (κ1) is 12.2. The van der Waals surface area contributed by atoms with E-state index in [1.165, 1.54) is 5.56 Å². The molecule has 4 nitrogen and oxygen atoms in total. The Balaban J connectivity index is 2.02. The zero-order valence-electron chi connectivity index (χ0n) is 10.2. The molecule has 2 aromatic rings. The van der Waals surface area contributed by atoms with Crippen LogP contribution in [0.1, 0.15) is 29.8 Å². The van der Waals surface area contributed by atoms with Gasteiger partial charge < -0.3 is 5.32 Å². The zero-order valence-corrected chi connectivity index (χ0v) is 10.2. The van der Waals surface area contributed by atoms with E-state index in [4.69, 9.17) is 5.26 Å². The van der Waals surface area contributed by atoms with Crippen LogP contribution in [0, 0.1) is 11.3 Å². The quantitative estimate of drug-likeness (QED) is 0.887. The molecule has 1 N–H and O–H groups in total. The number of aromatic nitrogens is 2. The van der Waals surface area contributed by atoms with Gasteiger partial charge in [0.2, 0.25) is 0 Å². The molecule has 0 saturated heterocycles. The summed E-state index contributed by atoms with van der Waals surface area (Å²) in [5.41, 5.74) is 2.57. The third-order valence-corrected chi connectivity index (χ3v) is 2.80. The van der Waals surface area contributed by atoms with Crippen LogP contribution in [0.2, 0.25) is 0 Å². The summed E-state index contributed by atoms with van der Waals surface area (Å²) in [6.07, 6.45) is 5.19. The lowest BCUT2D eigenvalue weighted by atomic mass is 10.1. The predicted molar refractivity (Wildman–Crippen MR) is 68.4 cm³/mol. The Morgan fingerprint density at radius 3 is 2.78 bits per heavy atom. The molecule has 18 heavy (non-hydrogen) atoms.